The normalized spacial score (nSPS) is 19.6. The van der Waals surface area contributed by atoms with Gasteiger partial charge >= 0.3 is 5.69 Å². The number of benzene rings is 1. The van der Waals surface area contributed by atoms with E-state index in [2.05, 4.69) is 10.3 Å². The highest BCUT2D eigenvalue weighted by Crippen LogP contribution is 2.29. The minimum Gasteiger partial charge on any atom is -0.382 e. The molecule has 1 aliphatic carbocycles. The van der Waals surface area contributed by atoms with Crippen molar-refractivity contribution in [3.63, 3.8) is 0 Å². The average Bonchev–Trinajstić information content (AvgIpc) is 2.71. The Morgan fingerprint density at radius 1 is 1.21 bits per heavy atom. The predicted octanol–water partition coefficient (Wildman–Crippen LogP) is 2.04. The molecule has 1 amide bonds. The Morgan fingerprint density at radius 2 is 1.96 bits per heavy atom. The van der Waals surface area contributed by atoms with Crippen LogP contribution >= 0.6 is 0 Å². The lowest BCUT2D eigenvalue weighted by Gasteiger charge is -2.28. The second-order valence-corrected chi connectivity index (χ2v) is 7.45. The van der Waals surface area contributed by atoms with Crippen molar-refractivity contribution in [1.82, 2.24) is 14.9 Å². The Balaban J connectivity index is 1.53. The standard InChI is InChI=1S/C21H29N3O4/c1-2-28-13-5-12-22-19(25)16-10-8-15(9-11-16)14-24-20(26)17-6-3-4-7-18(17)23-21(24)27/h3-4,6-7,15-16H,2,5,8-14H2,1H3,(H,22,25)(H,23,27). The Labute approximate surface area is 164 Å². The smallest absolute Gasteiger partial charge is 0.328 e. The summed E-state index contributed by atoms with van der Waals surface area (Å²) < 4.78 is 6.58. The van der Waals surface area contributed by atoms with Crippen LogP contribution in [0.2, 0.25) is 0 Å². The number of carbonyl (C=O) groups is 1. The molecule has 2 N–H and O–H groups in total. The highest BCUT2D eigenvalue weighted by Gasteiger charge is 2.27. The number of hydrogen-bond acceptors (Lipinski definition) is 4. The summed E-state index contributed by atoms with van der Waals surface area (Å²) in [5.74, 6) is 0.368. The number of ether oxygens (including phenoxy) is 1. The third-order valence-electron chi connectivity index (χ3n) is 5.52. The van der Waals surface area contributed by atoms with Crippen LogP contribution in [0.5, 0.6) is 0 Å². The number of rotatable bonds is 8. The second-order valence-electron chi connectivity index (χ2n) is 7.45. The van der Waals surface area contributed by atoms with Crippen LogP contribution in [0.15, 0.2) is 33.9 Å². The van der Waals surface area contributed by atoms with Crippen LogP contribution in [0.25, 0.3) is 10.9 Å². The molecule has 1 aromatic carbocycles. The lowest BCUT2D eigenvalue weighted by molar-refractivity contribution is -0.126. The van der Waals surface area contributed by atoms with Gasteiger partial charge < -0.3 is 15.0 Å². The predicted molar refractivity (Wildman–Crippen MR) is 108 cm³/mol. The van der Waals surface area contributed by atoms with Crippen LogP contribution in [0.4, 0.5) is 0 Å². The molecular formula is C21H29N3O4. The number of hydrogen-bond donors (Lipinski definition) is 2. The fourth-order valence-corrected chi connectivity index (χ4v) is 3.90. The number of nitrogens with one attached hydrogen (secondary N) is 2. The van der Waals surface area contributed by atoms with E-state index in [1.807, 2.05) is 6.92 Å². The van der Waals surface area contributed by atoms with Gasteiger partial charge in [-0.25, -0.2) is 4.79 Å². The van der Waals surface area contributed by atoms with Crippen molar-refractivity contribution in [1.29, 1.82) is 0 Å². The number of aromatic amines is 1. The molecule has 0 saturated heterocycles. The Morgan fingerprint density at radius 3 is 2.71 bits per heavy atom. The van der Waals surface area contributed by atoms with Gasteiger partial charge in [-0.2, -0.15) is 0 Å². The maximum atomic E-state index is 12.7. The molecule has 0 spiro atoms. The number of carbonyl (C=O) groups excluding carboxylic acids is 1. The summed E-state index contributed by atoms with van der Waals surface area (Å²) in [6.07, 6.45) is 4.10. The topological polar surface area (TPSA) is 93.2 Å². The van der Waals surface area contributed by atoms with E-state index < -0.39 is 0 Å². The Bertz CT molecular complexity index is 910. The quantitative estimate of drug-likeness (QED) is 0.678. The van der Waals surface area contributed by atoms with E-state index in [4.69, 9.17) is 4.74 Å². The minimum atomic E-state index is -0.363. The van der Waals surface area contributed by atoms with E-state index in [9.17, 15) is 14.4 Å². The fraction of sp³-hybridized carbons (Fsp3) is 0.571. The van der Waals surface area contributed by atoms with Crippen LogP contribution in [0.3, 0.4) is 0 Å². The molecule has 0 aliphatic heterocycles. The van der Waals surface area contributed by atoms with Gasteiger partial charge in [0.2, 0.25) is 5.91 Å². The summed E-state index contributed by atoms with van der Waals surface area (Å²) in [6.45, 7) is 4.36. The average molecular weight is 387 g/mol. The monoisotopic (exact) mass is 387 g/mol. The lowest BCUT2D eigenvalue weighted by atomic mass is 9.81. The molecular weight excluding hydrogens is 358 g/mol. The SMILES string of the molecule is CCOCCCNC(=O)C1CCC(Cn2c(=O)[nH]c3ccccc3c2=O)CC1. The summed E-state index contributed by atoms with van der Waals surface area (Å²) in [5.41, 5.74) is -0.0372. The van der Waals surface area contributed by atoms with Crippen LogP contribution in [-0.2, 0) is 16.1 Å². The largest absolute Gasteiger partial charge is 0.382 e. The second kappa shape index (κ2) is 9.68. The van der Waals surface area contributed by atoms with Crippen molar-refractivity contribution in [2.45, 2.75) is 45.6 Å². The summed E-state index contributed by atoms with van der Waals surface area (Å²) in [4.78, 5) is 40.1. The molecule has 0 unspecified atom stereocenters. The number of aromatic nitrogens is 2. The molecule has 2 aromatic rings. The molecule has 1 heterocycles. The summed E-state index contributed by atoms with van der Waals surface area (Å²) in [5, 5.41) is 3.51. The zero-order valence-corrected chi connectivity index (χ0v) is 16.4. The lowest BCUT2D eigenvalue weighted by Crippen LogP contribution is -2.39. The van der Waals surface area contributed by atoms with Gasteiger partial charge in [0.05, 0.1) is 10.9 Å². The zero-order chi connectivity index (χ0) is 19.9. The number of H-pyrrole nitrogens is 1. The molecule has 1 saturated carbocycles. The maximum absolute atomic E-state index is 12.7. The highest BCUT2D eigenvalue weighted by molar-refractivity contribution is 5.78. The van der Waals surface area contributed by atoms with Gasteiger partial charge in [-0.05, 0) is 57.1 Å². The highest BCUT2D eigenvalue weighted by atomic mass is 16.5. The van der Waals surface area contributed by atoms with Gasteiger partial charge in [0, 0.05) is 32.2 Å². The number of amides is 1. The van der Waals surface area contributed by atoms with Crippen molar-refractivity contribution in [2.75, 3.05) is 19.8 Å². The van der Waals surface area contributed by atoms with Crippen LogP contribution in [0.1, 0.15) is 39.0 Å². The molecule has 152 valence electrons. The van der Waals surface area contributed by atoms with Crippen LogP contribution in [0, 0.1) is 11.8 Å². The van der Waals surface area contributed by atoms with E-state index >= 15 is 0 Å². The van der Waals surface area contributed by atoms with Crippen LogP contribution < -0.4 is 16.6 Å². The molecule has 0 bridgehead atoms. The van der Waals surface area contributed by atoms with E-state index in [-0.39, 0.29) is 29.0 Å². The first kappa shape index (κ1) is 20.3. The van der Waals surface area contributed by atoms with Crippen molar-refractivity contribution in [3.8, 4) is 0 Å². The molecule has 28 heavy (non-hydrogen) atoms. The van der Waals surface area contributed by atoms with Crippen molar-refractivity contribution in [2.24, 2.45) is 11.8 Å². The molecule has 0 radical (unpaired) electrons. The Kier molecular flexibility index (Phi) is 7.03. The van der Waals surface area contributed by atoms with Crippen molar-refractivity contribution in [3.05, 3.63) is 45.1 Å². The molecule has 0 atom stereocenters. The summed E-state index contributed by atoms with van der Waals surface area (Å²) in [6, 6.07) is 7.06. The minimum absolute atomic E-state index is 0.0231. The Hall–Kier alpha value is -2.41. The number of nitrogens with zero attached hydrogens (tertiary/aromatic N) is 1. The molecule has 1 aromatic heterocycles. The van der Waals surface area contributed by atoms with E-state index in [0.717, 1.165) is 32.1 Å². The maximum Gasteiger partial charge on any atom is 0.328 e. The van der Waals surface area contributed by atoms with Crippen molar-refractivity contribution >= 4 is 16.8 Å². The first-order valence-electron chi connectivity index (χ1n) is 10.2. The molecule has 7 nitrogen and oxygen atoms in total. The zero-order valence-electron chi connectivity index (χ0n) is 16.4. The van der Waals surface area contributed by atoms with Gasteiger partial charge in [0.25, 0.3) is 5.56 Å². The third kappa shape index (κ3) is 4.90. The van der Waals surface area contributed by atoms with E-state index in [1.165, 1.54) is 4.57 Å². The first-order chi connectivity index (χ1) is 13.6. The third-order valence-corrected chi connectivity index (χ3v) is 5.52. The molecule has 1 aliphatic rings. The molecule has 7 heteroatoms. The summed E-state index contributed by atoms with van der Waals surface area (Å²) in [7, 11) is 0. The van der Waals surface area contributed by atoms with Gasteiger partial charge in [0.15, 0.2) is 0 Å². The first-order valence-corrected chi connectivity index (χ1v) is 10.2. The van der Waals surface area contributed by atoms with Gasteiger partial charge in [-0.15, -0.1) is 0 Å². The molecule has 3 rings (SSSR count). The van der Waals surface area contributed by atoms with Gasteiger partial charge in [-0.3, -0.25) is 14.2 Å². The van der Waals surface area contributed by atoms with Crippen molar-refractivity contribution < 1.29 is 9.53 Å². The van der Waals surface area contributed by atoms with Crippen LogP contribution in [-0.4, -0.2) is 35.2 Å². The number of fused-ring (bicyclic) bond motifs is 1. The van der Waals surface area contributed by atoms with E-state index in [1.54, 1.807) is 24.3 Å². The molecule has 1 fully saturated rings. The number of para-hydroxylation sites is 1. The van der Waals surface area contributed by atoms with E-state index in [0.29, 0.717) is 37.2 Å². The fourth-order valence-electron chi connectivity index (χ4n) is 3.90. The van der Waals surface area contributed by atoms with Gasteiger partial charge in [-0.1, -0.05) is 12.1 Å². The summed E-state index contributed by atoms with van der Waals surface area (Å²) >= 11 is 0. The van der Waals surface area contributed by atoms with Gasteiger partial charge in [0.1, 0.15) is 0 Å².